The van der Waals surface area contributed by atoms with Crippen molar-refractivity contribution < 1.29 is 4.74 Å². The van der Waals surface area contributed by atoms with E-state index in [1.165, 1.54) is 12.8 Å². The van der Waals surface area contributed by atoms with E-state index in [1.54, 1.807) is 13.3 Å². The lowest BCUT2D eigenvalue weighted by atomic mass is 10.1. The second-order valence-corrected chi connectivity index (χ2v) is 5.09. The predicted octanol–water partition coefficient (Wildman–Crippen LogP) is 2.91. The lowest BCUT2D eigenvalue weighted by Crippen LogP contribution is -2.27. The van der Waals surface area contributed by atoms with E-state index in [0.29, 0.717) is 6.04 Å². The van der Waals surface area contributed by atoms with Gasteiger partial charge in [0.15, 0.2) is 0 Å². The topological polar surface area (TPSA) is 49.9 Å². The predicted molar refractivity (Wildman–Crippen MR) is 76.0 cm³/mol. The molecule has 0 amide bonds. The van der Waals surface area contributed by atoms with E-state index in [9.17, 15) is 0 Å². The zero-order valence-electron chi connectivity index (χ0n) is 11.1. The number of aromatic nitrogens is 2. The van der Waals surface area contributed by atoms with Crippen LogP contribution in [0.5, 0.6) is 0 Å². The first kappa shape index (κ1) is 12.2. The molecule has 0 aliphatic heterocycles. The number of hydrogen-bond donors (Lipinski definition) is 2. The lowest BCUT2D eigenvalue weighted by Gasteiger charge is -2.19. The Balaban J connectivity index is 1.75. The van der Waals surface area contributed by atoms with Gasteiger partial charge in [-0.05, 0) is 37.0 Å². The third-order valence-electron chi connectivity index (χ3n) is 3.56. The van der Waals surface area contributed by atoms with Crippen molar-refractivity contribution in [1.29, 1.82) is 0 Å². The van der Waals surface area contributed by atoms with E-state index in [2.05, 4.69) is 39.8 Å². The van der Waals surface area contributed by atoms with Crippen molar-refractivity contribution in [2.75, 3.05) is 19.0 Å². The van der Waals surface area contributed by atoms with Crippen molar-refractivity contribution in [2.24, 2.45) is 5.92 Å². The Morgan fingerprint density at radius 1 is 1.42 bits per heavy atom. The molecule has 2 N–H and O–H groups in total. The molecule has 1 aliphatic rings. The fourth-order valence-electron chi connectivity index (χ4n) is 2.38. The molecule has 0 bridgehead atoms. The largest absolute Gasteiger partial charge is 0.383 e. The van der Waals surface area contributed by atoms with Crippen LogP contribution in [0.4, 0.5) is 5.69 Å². The van der Waals surface area contributed by atoms with Gasteiger partial charge in [0.05, 0.1) is 18.3 Å². The second-order valence-electron chi connectivity index (χ2n) is 5.09. The number of aromatic amines is 1. The fourth-order valence-corrected chi connectivity index (χ4v) is 2.38. The van der Waals surface area contributed by atoms with Gasteiger partial charge in [-0.1, -0.05) is 12.1 Å². The van der Waals surface area contributed by atoms with Gasteiger partial charge in [0.2, 0.25) is 0 Å². The molecule has 19 heavy (non-hydrogen) atoms. The summed E-state index contributed by atoms with van der Waals surface area (Å²) in [6, 6.07) is 10.8. The average molecular weight is 257 g/mol. The van der Waals surface area contributed by atoms with Gasteiger partial charge in [-0.25, -0.2) is 0 Å². The average Bonchev–Trinajstić information content (AvgIpc) is 3.13. The molecular weight excluding hydrogens is 238 g/mol. The molecule has 2 aromatic rings. The van der Waals surface area contributed by atoms with Gasteiger partial charge in [-0.3, -0.25) is 5.10 Å². The molecule has 1 atom stereocenters. The molecule has 4 heteroatoms. The van der Waals surface area contributed by atoms with Crippen LogP contribution in [0, 0.1) is 5.92 Å². The highest BCUT2D eigenvalue weighted by Crippen LogP contribution is 2.34. The Hall–Kier alpha value is -1.81. The molecule has 100 valence electrons. The maximum absolute atomic E-state index is 5.30. The first-order chi connectivity index (χ1) is 9.36. The van der Waals surface area contributed by atoms with Gasteiger partial charge in [0.25, 0.3) is 0 Å². The number of ether oxygens (including phenoxy) is 1. The summed E-state index contributed by atoms with van der Waals surface area (Å²) in [5, 5.41) is 10.6. The summed E-state index contributed by atoms with van der Waals surface area (Å²) >= 11 is 0. The van der Waals surface area contributed by atoms with Crippen LogP contribution in [0.2, 0.25) is 0 Å². The maximum Gasteiger partial charge on any atom is 0.0666 e. The molecule has 1 aromatic heterocycles. The Morgan fingerprint density at radius 3 is 3.00 bits per heavy atom. The smallest absolute Gasteiger partial charge is 0.0666 e. The van der Waals surface area contributed by atoms with Crippen LogP contribution in [-0.4, -0.2) is 30.0 Å². The van der Waals surface area contributed by atoms with Crippen LogP contribution < -0.4 is 5.32 Å². The molecule has 1 aromatic carbocycles. The molecule has 1 fully saturated rings. The molecule has 1 aliphatic carbocycles. The number of nitrogens with one attached hydrogen (secondary N) is 2. The summed E-state index contributed by atoms with van der Waals surface area (Å²) in [5.74, 6) is 0.760. The second kappa shape index (κ2) is 5.45. The Morgan fingerprint density at radius 2 is 2.32 bits per heavy atom. The first-order valence-corrected chi connectivity index (χ1v) is 6.72. The van der Waals surface area contributed by atoms with Crippen molar-refractivity contribution >= 4 is 5.69 Å². The molecule has 1 heterocycles. The molecular formula is C15H19N3O. The summed E-state index contributed by atoms with van der Waals surface area (Å²) in [6.45, 7) is 0.763. The quantitative estimate of drug-likeness (QED) is 0.836. The molecule has 4 nitrogen and oxygen atoms in total. The summed E-state index contributed by atoms with van der Waals surface area (Å²) < 4.78 is 5.30. The minimum Gasteiger partial charge on any atom is -0.383 e. The number of nitrogens with zero attached hydrogens (tertiary/aromatic N) is 1. The van der Waals surface area contributed by atoms with Gasteiger partial charge >= 0.3 is 0 Å². The molecule has 0 radical (unpaired) electrons. The summed E-state index contributed by atoms with van der Waals surface area (Å²) in [6.07, 6.45) is 4.38. The Bertz CT molecular complexity index is 520. The molecule has 0 spiro atoms. The number of methoxy groups -OCH3 is 1. The summed E-state index contributed by atoms with van der Waals surface area (Å²) in [5.41, 5.74) is 3.33. The van der Waals surface area contributed by atoms with Gasteiger partial charge < -0.3 is 10.1 Å². The maximum atomic E-state index is 5.30. The first-order valence-electron chi connectivity index (χ1n) is 6.72. The van der Waals surface area contributed by atoms with E-state index in [0.717, 1.165) is 29.5 Å². The molecule has 1 saturated carbocycles. The summed E-state index contributed by atoms with van der Waals surface area (Å²) in [7, 11) is 1.76. The highest BCUT2D eigenvalue weighted by molar-refractivity contribution is 5.64. The number of H-pyrrole nitrogens is 1. The highest BCUT2D eigenvalue weighted by atomic mass is 16.5. The lowest BCUT2D eigenvalue weighted by molar-refractivity contribution is 0.179. The van der Waals surface area contributed by atoms with E-state index in [-0.39, 0.29) is 0 Å². The highest BCUT2D eigenvalue weighted by Gasteiger charge is 2.31. The van der Waals surface area contributed by atoms with Crippen molar-refractivity contribution in [1.82, 2.24) is 10.2 Å². The molecule has 1 unspecified atom stereocenters. The Labute approximate surface area is 113 Å². The van der Waals surface area contributed by atoms with Crippen LogP contribution in [0.1, 0.15) is 12.8 Å². The number of benzene rings is 1. The number of hydrogen-bond acceptors (Lipinski definition) is 3. The SMILES string of the molecule is COCC(Nc1cccc(-c2ccn[nH]2)c1)C1CC1. The van der Waals surface area contributed by atoms with Crippen LogP contribution >= 0.6 is 0 Å². The van der Waals surface area contributed by atoms with E-state index >= 15 is 0 Å². The standard InChI is InChI=1S/C15H19N3O/c1-19-10-15(11-5-6-11)17-13-4-2-3-12(9-13)14-7-8-16-18-14/h2-4,7-9,11,15,17H,5-6,10H2,1H3,(H,16,18). The Kier molecular flexibility index (Phi) is 3.51. The van der Waals surface area contributed by atoms with Gasteiger partial charge in [-0.15, -0.1) is 0 Å². The van der Waals surface area contributed by atoms with Gasteiger partial charge in [-0.2, -0.15) is 5.10 Å². The zero-order chi connectivity index (χ0) is 13.1. The van der Waals surface area contributed by atoms with Crippen molar-refractivity contribution in [3.63, 3.8) is 0 Å². The van der Waals surface area contributed by atoms with E-state index < -0.39 is 0 Å². The fraction of sp³-hybridized carbons (Fsp3) is 0.400. The number of anilines is 1. The van der Waals surface area contributed by atoms with Crippen molar-refractivity contribution in [3.8, 4) is 11.3 Å². The third-order valence-corrected chi connectivity index (χ3v) is 3.56. The number of rotatable bonds is 6. The van der Waals surface area contributed by atoms with Crippen LogP contribution in [0.25, 0.3) is 11.3 Å². The van der Waals surface area contributed by atoms with E-state index in [1.807, 2.05) is 6.07 Å². The minimum absolute atomic E-state index is 0.419. The van der Waals surface area contributed by atoms with Crippen LogP contribution in [0.15, 0.2) is 36.5 Å². The molecule has 3 rings (SSSR count). The monoisotopic (exact) mass is 257 g/mol. The van der Waals surface area contributed by atoms with Crippen molar-refractivity contribution in [3.05, 3.63) is 36.5 Å². The van der Waals surface area contributed by atoms with Crippen LogP contribution in [-0.2, 0) is 4.74 Å². The van der Waals surface area contributed by atoms with Gasteiger partial charge in [0.1, 0.15) is 0 Å². The van der Waals surface area contributed by atoms with Crippen molar-refractivity contribution in [2.45, 2.75) is 18.9 Å². The third kappa shape index (κ3) is 2.96. The van der Waals surface area contributed by atoms with E-state index in [4.69, 9.17) is 4.74 Å². The minimum atomic E-state index is 0.419. The summed E-state index contributed by atoms with van der Waals surface area (Å²) in [4.78, 5) is 0. The normalized spacial score (nSPS) is 16.3. The molecule has 0 saturated heterocycles. The van der Waals surface area contributed by atoms with Gasteiger partial charge in [0, 0.05) is 24.6 Å². The van der Waals surface area contributed by atoms with Crippen LogP contribution in [0.3, 0.4) is 0 Å². The zero-order valence-corrected chi connectivity index (χ0v) is 11.1.